The van der Waals surface area contributed by atoms with Crippen LogP contribution in [-0.4, -0.2) is 5.16 Å². The lowest BCUT2D eigenvalue weighted by atomic mass is 10.2. The van der Waals surface area contributed by atoms with Gasteiger partial charge in [-0.15, -0.1) is 11.3 Å². The molecule has 16 heavy (non-hydrogen) atoms. The number of rotatable bonds is 1. The minimum absolute atomic E-state index is 0.575. The number of anilines is 1. The van der Waals surface area contributed by atoms with Gasteiger partial charge in [-0.05, 0) is 29.7 Å². The second-order valence-electron chi connectivity index (χ2n) is 3.40. The highest BCUT2D eigenvalue weighted by atomic mass is 79.9. The van der Waals surface area contributed by atoms with Gasteiger partial charge in [0.25, 0.3) is 0 Å². The third kappa shape index (κ3) is 1.52. The Kier molecular flexibility index (Phi) is 2.22. The topological polar surface area (TPSA) is 52.0 Å². The van der Waals surface area contributed by atoms with Crippen LogP contribution in [0.5, 0.6) is 0 Å². The quantitative estimate of drug-likeness (QED) is 0.740. The molecule has 3 nitrogen and oxygen atoms in total. The third-order valence-corrected chi connectivity index (χ3v) is 3.91. The first kappa shape index (κ1) is 9.86. The van der Waals surface area contributed by atoms with E-state index < -0.39 is 0 Å². The van der Waals surface area contributed by atoms with Gasteiger partial charge in [0.2, 0.25) is 0 Å². The van der Waals surface area contributed by atoms with Crippen LogP contribution in [0.1, 0.15) is 0 Å². The SMILES string of the molecule is Nc1cnoc1-c1cc2cc(Br)ccc2s1. The molecule has 0 amide bonds. The Morgan fingerprint density at radius 3 is 2.94 bits per heavy atom. The molecule has 0 saturated heterocycles. The van der Waals surface area contributed by atoms with Gasteiger partial charge in [0.15, 0.2) is 5.76 Å². The van der Waals surface area contributed by atoms with E-state index in [2.05, 4.69) is 39.3 Å². The molecule has 0 aliphatic heterocycles. The summed E-state index contributed by atoms with van der Waals surface area (Å²) in [5.74, 6) is 0.650. The maximum absolute atomic E-state index is 5.77. The van der Waals surface area contributed by atoms with Gasteiger partial charge in [-0.3, -0.25) is 0 Å². The maximum atomic E-state index is 5.77. The smallest absolute Gasteiger partial charge is 0.199 e. The summed E-state index contributed by atoms with van der Waals surface area (Å²) in [6.45, 7) is 0. The zero-order valence-corrected chi connectivity index (χ0v) is 10.5. The number of thiophene rings is 1. The molecular weight excluding hydrogens is 288 g/mol. The monoisotopic (exact) mass is 294 g/mol. The van der Waals surface area contributed by atoms with Crippen LogP contribution in [-0.2, 0) is 0 Å². The van der Waals surface area contributed by atoms with Crippen molar-refractivity contribution in [1.29, 1.82) is 0 Å². The normalized spacial score (nSPS) is 11.1. The molecule has 3 rings (SSSR count). The molecule has 5 heteroatoms. The highest BCUT2D eigenvalue weighted by molar-refractivity contribution is 9.10. The standard InChI is InChI=1S/C11H7BrN2OS/c12-7-1-2-9-6(3-7)4-10(16-9)11-8(13)5-14-15-11/h1-5H,13H2. The van der Waals surface area contributed by atoms with Gasteiger partial charge in [0.1, 0.15) is 5.69 Å². The second-order valence-corrected chi connectivity index (χ2v) is 5.40. The number of nitrogens with two attached hydrogens (primary N) is 1. The molecule has 0 spiro atoms. The number of hydrogen-bond donors (Lipinski definition) is 1. The van der Waals surface area contributed by atoms with E-state index >= 15 is 0 Å². The first-order chi connectivity index (χ1) is 7.74. The molecule has 2 aromatic heterocycles. The van der Waals surface area contributed by atoms with Crippen LogP contribution in [0.2, 0.25) is 0 Å². The fourth-order valence-electron chi connectivity index (χ4n) is 1.56. The minimum atomic E-state index is 0.575. The summed E-state index contributed by atoms with van der Waals surface area (Å²) >= 11 is 5.09. The highest BCUT2D eigenvalue weighted by Crippen LogP contribution is 2.36. The van der Waals surface area contributed by atoms with Crippen molar-refractivity contribution in [2.45, 2.75) is 0 Å². The molecule has 0 aliphatic carbocycles. The van der Waals surface area contributed by atoms with E-state index in [-0.39, 0.29) is 0 Å². The number of aromatic nitrogens is 1. The first-order valence-corrected chi connectivity index (χ1v) is 6.24. The summed E-state index contributed by atoms with van der Waals surface area (Å²) in [6, 6.07) is 8.22. The van der Waals surface area contributed by atoms with Gasteiger partial charge in [-0.2, -0.15) is 0 Å². The minimum Gasteiger partial charge on any atom is -0.394 e. The molecule has 0 atom stereocenters. The van der Waals surface area contributed by atoms with E-state index in [1.54, 1.807) is 11.3 Å². The van der Waals surface area contributed by atoms with Crippen LogP contribution in [0.25, 0.3) is 20.7 Å². The summed E-state index contributed by atoms with van der Waals surface area (Å²) in [5.41, 5.74) is 6.34. The zero-order chi connectivity index (χ0) is 11.1. The van der Waals surface area contributed by atoms with Crippen LogP contribution in [0.4, 0.5) is 5.69 Å². The summed E-state index contributed by atoms with van der Waals surface area (Å²) in [6.07, 6.45) is 1.52. The van der Waals surface area contributed by atoms with Gasteiger partial charge in [-0.25, -0.2) is 0 Å². The predicted octanol–water partition coefficient (Wildman–Crippen LogP) is 3.90. The Bertz CT molecular complexity index is 659. The van der Waals surface area contributed by atoms with Crippen molar-refractivity contribution in [3.05, 3.63) is 34.9 Å². The van der Waals surface area contributed by atoms with Gasteiger partial charge >= 0.3 is 0 Å². The lowest BCUT2D eigenvalue weighted by Crippen LogP contribution is -1.81. The first-order valence-electron chi connectivity index (χ1n) is 4.63. The number of benzene rings is 1. The second kappa shape index (κ2) is 3.61. The van der Waals surface area contributed by atoms with E-state index in [1.165, 1.54) is 16.3 Å². The van der Waals surface area contributed by atoms with E-state index in [9.17, 15) is 0 Å². The average molecular weight is 295 g/mol. The Balaban J connectivity index is 2.23. The third-order valence-electron chi connectivity index (χ3n) is 2.30. The molecule has 2 N–H and O–H groups in total. The lowest BCUT2D eigenvalue weighted by Gasteiger charge is -1.88. The molecule has 0 saturated carbocycles. The molecule has 1 aromatic carbocycles. The summed E-state index contributed by atoms with van der Waals surface area (Å²) in [5, 5.41) is 4.85. The van der Waals surface area contributed by atoms with Crippen LogP contribution in [0.3, 0.4) is 0 Å². The van der Waals surface area contributed by atoms with Crippen molar-refractivity contribution in [1.82, 2.24) is 5.16 Å². The van der Waals surface area contributed by atoms with Crippen molar-refractivity contribution in [3.8, 4) is 10.6 Å². The van der Waals surface area contributed by atoms with Crippen LogP contribution in [0, 0.1) is 0 Å². The van der Waals surface area contributed by atoms with E-state index in [0.717, 1.165) is 9.35 Å². The Morgan fingerprint density at radius 1 is 1.31 bits per heavy atom. The Morgan fingerprint density at radius 2 is 2.19 bits per heavy atom. The summed E-state index contributed by atoms with van der Waals surface area (Å²) in [4.78, 5) is 1.00. The van der Waals surface area contributed by atoms with Crippen molar-refractivity contribution in [2.75, 3.05) is 5.73 Å². The van der Waals surface area contributed by atoms with Crippen molar-refractivity contribution >= 4 is 43.0 Å². The molecule has 0 radical (unpaired) electrons. The van der Waals surface area contributed by atoms with Crippen molar-refractivity contribution < 1.29 is 4.52 Å². The van der Waals surface area contributed by atoms with Gasteiger partial charge in [0, 0.05) is 9.17 Å². The molecule has 0 bridgehead atoms. The lowest BCUT2D eigenvalue weighted by molar-refractivity contribution is 0.433. The number of hydrogen-bond acceptors (Lipinski definition) is 4. The highest BCUT2D eigenvalue weighted by Gasteiger charge is 2.11. The van der Waals surface area contributed by atoms with Crippen molar-refractivity contribution in [3.63, 3.8) is 0 Å². The van der Waals surface area contributed by atoms with E-state index in [4.69, 9.17) is 10.3 Å². The number of fused-ring (bicyclic) bond motifs is 1. The summed E-state index contributed by atoms with van der Waals surface area (Å²) in [7, 11) is 0. The largest absolute Gasteiger partial charge is 0.394 e. The fourth-order valence-corrected chi connectivity index (χ4v) is 2.98. The predicted molar refractivity (Wildman–Crippen MR) is 69.4 cm³/mol. The zero-order valence-electron chi connectivity index (χ0n) is 8.11. The molecule has 0 unspecified atom stereocenters. The summed E-state index contributed by atoms with van der Waals surface area (Å²) < 4.78 is 7.40. The van der Waals surface area contributed by atoms with E-state index in [0.29, 0.717) is 11.4 Å². The Labute approximate surface area is 104 Å². The molecule has 0 fully saturated rings. The number of nitrogen functional groups attached to an aromatic ring is 1. The van der Waals surface area contributed by atoms with Crippen LogP contribution < -0.4 is 5.73 Å². The fraction of sp³-hybridized carbons (Fsp3) is 0. The van der Waals surface area contributed by atoms with Crippen molar-refractivity contribution in [2.24, 2.45) is 0 Å². The Hall–Kier alpha value is -1.33. The average Bonchev–Trinajstić information content (AvgIpc) is 2.82. The molecule has 0 aliphatic rings. The van der Waals surface area contributed by atoms with Crippen LogP contribution in [0.15, 0.2) is 39.5 Å². The number of halogens is 1. The molecule has 2 heterocycles. The van der Waals surface area contributed by atoms with Gasteiger partial charge < -0.3 is 10.3 Å². The van der Waals surface area contributed by atoms with Crippen LogP contribution >= 0.6 is 27.3 Å². The van der Waals surface area contributed by atoms with E-state index in [1.807, 2.05) is 6.07 Å². The maximum Gasteiger partial charge on any atom is 0.199 e. The molecule has 3 aromatic rings. The number of nitrogens with zero attached hydrogens (tertiary/aromatic N) is 1. The van der Waals surface area contributed by atoms with Gasteiger partial charge in [0.05, 0.1) is 11.1 Å². The molecule has 80 valence electrons. The molecular formula is C11H7BrN2OS. The van der Waals surface area contributed by atoms with Gasteiger partial charge in [-0.1, -0.05) is 21.1 Å².